The number of nitrogens with one attached hydrogen (secondary N) is 2. The largest absolute Gasteiger partial charge is 0.508 e. The van der Waals surface area contributed by atoms with Gasteiger partial charge >= 0.3 is 12.0 Å². The Kier molecular flexibility index (Phi) is 8.33. The molecule has 2 unspecified atom stereocenters. The molecule has 4 N–H and O–H groups in total. The van der Waals surface area contributed by atoms with Crippen LogP contribution in [0.15, 0.2) is 48.5 Å². The molecule has 0 aliphatic carbocycles. The lowest BCUT2D eigenvalue weighted by Gasteiger charge is -2.20. The Bertz CT molecular complexity index is 790. The Morgan fingerprint density at radius 2 is 1.41 bits per heavy atom. The van der Waals surface area contributed by atoms with Crippen LogP contribution in [0, 0.1) is 0 Å². The van der Waals surface area contributed by atoms with Crippen molar-refractivity contribution in [2.75, 3.05) is 6.61 Å². The highest BCUT2D eigenvalue weighted by atomic mass is 16.5. The second kappa shape index (κ2) is 10.9. The Balaban J connectivity index is 1.96. The molecule has 2 rings (SSSR count). The van der Waals surface area contributed by atoms with Crippen LogP contribution in [0.4, 0.5) is 4.79 Å². The van der Waals surface area contributed by atoms with Crippen LogP contribution in [0.25, 0.3) is 0 Å². The van der Waals surface area contributed by atoms with E-state index in [2.05, 4.69) is 10.6 Å². The van der Waals surface area contributed by atoms with Crippen molar-refractivity contribution >= 4 is 12.0 Å². The van der Waals surface area contributed by atoms with Gasteiger partial charge in [-0.2, -0.15) is 0 Å². The summed E-state index contributed by atoms with van der Waals surface area (Å²) in [6.45, 7) is 4.04. The summed E-state index contributed by atoms with van der Waals surface area (Å²) in [4.78, 5) is 24.8. The summed E-state index contributed by atoms with van der Waals surface area (Å²) in [6.07, 6.45) is 1.52. The molecule has 0 fully saturated rings. The van der Waals surface area contributed by atoms with Crippen LogP contribution in [0.5, 0.6) is 11.5 Å². The van der Waals surface area contributed by atoms with Crippen LogP contribution < -0.4 is 10.6 Å². The van der Waals surface area contributed by atoms with E-state index in [0.29, 0.717) is 12.8 Å². The number of urea groups is 1. The summed E-state index contributed by atoms with van der Waals surface area (Å²) in [7, 11) is 0. The topological polar surface area (TPSA) is 108 Å². The average molecular weight is 400 g/mol. The maximum atomic E-state index is 12.4. The quantitative estimate of drug-likeness (QED) is 0.484. The maximum absolute atomic E-state index is 12.4. The van der Waals surface area contributed by atoms with Crippen molar-refractivity contribution in [3.63, 3.8) is 0 Å². The van der Waals surface area contributed by atoms with Crippen LogP contribution in [0.3, 0.4) is 0 Å². The smallest absolute Gasteiger partial charge is 0.329 e. The van der Waals surface area contributed by atoms with Crippen LogP contribution in [0.1, 0.15) is 31.4 Å². The van der Waals surface area contributed by atoms with Gasteiger partial charge in [0.05, 0.1) is 6.61 Å². The van der Waals surface area contributed by atoms with Crippen LogP contribution in [0.2, 0.25) is 0 Å². The summed E-state index contributed by atoms with van der Waals surface area (Å²) in [5.74, 6) is -0.177. The number of ether oxygens (including phenoxy) is 1. The molecule has 0 saturated carbocycles. The third-order valence-electron chi connectivity index (χ3n) is 4.27. The summed E-state index contributed by atoms with van der Waals surface area (Å²) >= 11 is 0. The maximum Gasteiger partial charge on any atom is 0.329 e. The van der Waals surface area contributed by atoms with E-state index < -0.39 is 18.0 Å². The number of phenols is 2. The fraction of sp³-hybridized carbons (Fsp3) is 0.364. The zero-order chi connectivity index (χ0) is 21.2. The normalized spacial score (nSPS) is 12.6. The molecule has 0 spiro atoms. The fourth-order valence-corrected chi connectivity index (χ4v) is 2.82. The SMILES string of the molecule is CCCOC(=O)C(Cc1ccc(O)cc1)NC(=O)NC(C)Cc1ccc(O)cc1. The molecule has 0 aliphatic rings. The van der Waals surface area contributed by atoms with Gasteiger partial charge in [0, 0.05) is 12.5 Å². The van der Waals surface area contributed by atoms with Gasteiger partial charge in [0.2, 0.25) is 0 Å². The van der Waals surface area contributed by atoms with Crippen molar-refractivity contribution < 1.29 is 24.5 Å². The number of hydrogen-bond donors (Lipinski definition) is 4. The molecule has 0 aromatic heterocycles. The predicted octanol–water partition coefficient (Wildman–Crippen LogP) is 2.89. The first-order chi connectivity index (χ1) is 13.9. The average Bonchev–Trinajstić information content (AvgIpc) is 2.69. The van der Waals surface area contributed by atoms with Crippen molar-refractivity contribution in [1.82, 2.24) is 10.6 Å². The molecular weight excluding hydrogens is 372 g/mol. The summed E-state index contributed by atoms with van der Waals surface area (Å²) < 4.78 is 5.21. The molecular formula is C22H28N2O5. The van der Waals surface area contributed by atoms with Gasteiger partial charge in [0.25, 0.3) is 0 Å². The van der Waals surface area contributed by atoms with Crippen molar-refractivity contribution in [3.05, 3.63) is 59.7 Å². The molecule has 2 aromatic carbocycles. The molecule has 0 heterocycles. The molecule has 7 nitrogen and oxygen atoms in total. The first-order valence-corrected chi connectivity index (χ1v) is 9.67. The minimum absolute atomic E-state index is 0.132. The Morgan fingerprint density at radius 3 is 1.93 bits per heavy atom. The monoisotopic (exact) mass is 400 g/mol. The number of rotatable bonds is 9. The van der Waals surface area contributed by atoms with Gasteiger partial charge in [-0.1, -0.05) is 31.2 Å². The number of carbonyl (C=O) groups excluding carboxylic acids is 2. The van der Waals surface area contributed by atoms with E-state index in [9.17, 15) is 19.8 Å². The van der Waals surface area contributed by atoms with E-state index in [1.807, 2.05) is 13.8 Å². The minimum atomic E-state index is -0.841. The number of amides is 2. The Hall–Kier alpha value is -3.22. The fourth-order valence-electron chi connectivity index (χ4n) is 2.82. The summed E-state index contributed by atoms with van der Waals surface area (Å²) in [5.41, 5.74) is 1.76. The number of esters is 1. The number of carbonyl (C=O) groups is 2. The zero-order valence-corrected chi connectivity index (χ0v) is 16.7. The van der Waals surface area contributed by atoms with E-state index in [-0.39, 0.29) is 30.6 Å². The Labute approximate surface area is 170 Å². The molecule has 7 heteroatoms. The van der Waals surface area contributed by atoms with Gasteiger partial charge in [-0.25, -0.2) is 9.59 Å². The van der Waals surface area contributed by atoms with Gasteiger partial charge in [-0.05, 0) is 55.2 Å². The van der Waals surface area contributed by atoms with Crippen molar-refractivity contribution in [2.45, 2.75) is 45.2 Å². The molecule has 0 radical (unpaired) electrons. The van der Waals surface area contributed by atoms with Crippen LogP contribution >= 0.6 is 0 Å². The van der Waals surface area contributed by atoms with Crippen molar-refractivity contribution in [1.29, 1.82) is 0 Å². The van der Waals surface area contributed by atoms with Crippen molar-refractivity contribution in [2.24, 2.45) is 0 Å². The molecule has 2 aromatic rings. The number of phenolic OH excluding ortho intramolecular Hbond substituents is 2. The predicted molar refractivity (Wildman–Crippen MR) is 110 cm³/mol. The number of aromatic hydroxyl groups is 2. The summed E-state index contributed by atoms with van der Waals surface area (Å²) in [6, 6.07) is 11.8. The van der Waals surface area contributed by atoms with E-state index in [0.717, 1.165) is 11.1 Å². The molecule has 0 aliphatic heterocycles. The lowest BCUT2D eigenvalue weighted by molar-refractivity contribution is -0.145. The molecule has 2 atom stereocenters. The lowest BCUT2D eigenvalue weighted by Crippen LogP contribution is -2.50. The second-order valence-corrected chi connectivity index (χ2v) is 6.98. The van der Waals surface area contributed by atoms with Crippen LogP contribution in [-0.2, 0) is 22.4 Å². The first kappa shape index (κ1) is 22.1. The van der Waals surface area contributed by atoms with Crippen LogP contribution in [-0.4, -0.2) is 40.9 Å². The highest BCUT2D eigenvalue weighted by Crippen LogP contribution is 2.13. The molecule has 2 amide bonds. The Morgan fingerprint density at radius 1 is 0.897 bits per heavy atom. The van der Waals surface area contributed by atoms with Gasteiger partial charge in [-0.3, -0.25) is 0 Å². The number of hydrogen-bond acceptors (Lipinski definition) is 5. The van der Waals surface area contributed by atoms with E-state index in [1.54, 1.807) is 36.4 Å². The van der Waals surface area contributed by atoms with Gasteiger partial charge in [0.15, 0.2) is 0 Å². The molecule has 0 saturated heterocycles. The molecule has 0 bridgehead atoms. The van der Waals surface area contributed by atoms with E-state index in [1.165, 1.54) is 12.1 Å². The lowest BCUT2D eigenvalue weighted by atomic mass is 10.1. The summed E-state index contributed by atoms with van der Waals surface area (Å²) in [5, 5.41) is 24.3. The highest BCUT2D eigenvalue weighted by molar-refractivity contribution is 5.84. The standard InChI is InChI=1S/C22H28N2O5/c1-3-12-29-21(27)20(14-17-6-10-19(26)11-7-17)24-22(28)23-15(2)13-16-4-8-18(25)9-5-16/h4-11,15,20,25-26H,3,12-14H2,1-2H3,(H2,23,24,28). The van der Waals surface area contributed by atoms with Crippen molar-refractivity contribution in [3.8, 4) is 11.5 Å². The minimum Gasteiger partial charge on any atom is -0.508 e. The van der Waals surface area contributed by atoms with E-state index in [4.69, 9.17) is 4.74 Å². The molecule has 156 valence electrons. The third-order valence-corrected chi connectivity index (χ3v) is 4.27. The van der Waals surface area contributed by atoms with Gasteiger partial charge in [0.1, 0.15) is 17.5 Å². The number of benzene rings is 2. The first-order valence-electron chi connectivity index (χ1n) is 9.67. The van der Waals surface area contributed by atoms with Gasteiger partial charge in [-0.15, -0.1) is 0 Å². The zero-order valence-electron chi connectivity index (χ0n) is 16.7. The van der Waals surface area contributed by atoms with Gasteiger partial charge < -0.3 is 25.6 Å². The third kappa shape index (κ3) is 7.73. The second-order valence-electron chi connectivity index (χ2n) is 6.98. The molecule has 29 heavy (non-hydrogen) atoms. The highest BCUT2D eigenvalue weighted by Gasteiger charge is 2.23. The van der Waals surface area contributed by atoms with E-state index >= 15 is 0 Å².